The zero-order valence-electron chi connectivity index (χ0n) is 13.1. The maximum Gasteiger partial charge on any atom is 0.262 e. The van der Waals surface area contributed by atoms with Crippen molar-refractivity contribution < 1.29 is 9.59 Å². The van der Waals surface area contributed by atoms with E-state index in [-0.39, 0.29) is 16.9 Å². The molecule has 4 N–H and O–H groups in total. The Kier molecular flexibility index (Phi) is 3.51. The van der Waals surface area contributed by atoms with E-state index in [1.54, 1.807) is 36.5 Å². The Labute approximate surface area is 151 Å². The van der Waals surface area contributed by atoms with Crippen LogP contribution in [-0.2, 0) is 0 Å². The van der Waals surface area contributed by atoms with Crippen LogP contribution < -0.4 is 16.6 Å². The molecule has 26 heavy (non-hydrogen) atoms. The van der Waals surface area contributed by atoms with E-state index in [2.05, 4.69) is 15.3 Å². The Balaban J connectivity index is 1.83. The molecule has 128 valence electrons. The molecule has 1 aliphatic heterocycles. The molecular formula is C17H11N5O3S. The number of aromatic nitrogens is 3. The van der Waals surface area contributed by atoms with Gasteiger partial charge in [-0.3, -0.25) is 24.3 Å². The molecule has 8 nitrogen and oxygen atoms in total. The van der Waals surface area contributed by atoms with Crippen LogP contribution >= 0.6 is 12.2 Å². The van der Waals surface area contributed by atoms with E-state index in [4.69, 9.17) is 18.0 Å². The van der Waals surface area contributed by atoms with Crippen molar-refractivity contribution in [3.8, 4) is 16.9 Å². The third kappa shape index (κ3) is 2.42. The molecule has 0 saturated heterocycles. The van der Waals surface area contributed by atoms with Gasteiger partial charge in [-0.05, 0) is 36.0 Å². The van der Waals surface area contributed by atoms with Crippen LogP contribution in [0.2, 0.25) is 0 Å². The van der Waals surface area contributed by atoms with Gasteiger partial charge in [0.25, 0.3) is 17.4 Å². The lowest BCUT2D eigenvalue weighted by molar-refractivity contribution is 0.0880. The summed E-state index contributed by atoms with van der Waals surface area (Å²) in [5.41, 5.74) is 7.60. The van der Waals surface area contributed by atoms with Gasteiger partial charge in [0.1, 0.15) is 5.82 Å². The van der Waals surface area contributed by atoms with E-state index >= 15 is 0 Å². The number of rotatable bonds is 2. The Morgan fingerprint density at radius 2 is 1.77 bits per heavy atom. The fourth-order valence-electron chi connectivity index (χ4n) is 2.87. The van der Waals surface area contributed by atoms with E-state index in [1.807, 2.05) is 0 Å². The Morgan fingerprint density at radius 3 is 2.46 bits per heavy atom. The molecule has 9 heteroatoms. The van der Waals surface area contributed by atoms with Gasteiger partial charge in [0, 0.05) is 18.0 Å². The van der Waals surface area contributed by atoms with Gasteiger partial charge in [-0.2, -0.15) is 0 Å². The summed E-state index contributed by atoms with van der Waals surface area (Å²) in [5, 5.41) is 2.13. The molecule has 0 aliphatic carbocycles. The zero-order valence-corrected chi connectivity index (χ0v) is 14.0. The van der Waals surface area contributed by atoms with Gasteiger partial charge in [-0.15, -0.1) is 0 Å². The first kappa shape index (κ1) is 15.9. The topological polar surface area (TPSA) is 123 Å². The maximum atomic E-state index is 12.4. The lowest BCUT2D eigenvalue weighted by Gasteiger charge is -2.12. The number of hydrogen-bond donors (Lipinski definition) is 3. The zero-order chi connectivity index (χ0) is 18.4. The Morgan fingerprint density at radius 1 is 1.04 bits per heavy atom. The van der Waals surface area contributed by atoms with Crippen molar-refractivity contribution in [2.75, 3.05) is 5.73 Å². The van der Waals surface area contributed by atoms with Crippen LogP contribution in [0.1, 0.15) is 20.7 Å². The minimum absolute atomic E-state index is 0.00488. The van der Waals surface area contributed by atoms with E-state index in [9.17, 15) is 14.4 Å². The number of nitrogen functional groups attached to an aromatic ring is 1. The monoisotopic (exact) mass is 365 g/mol. The number of pyridine rings is 1. The number of carbonyl (C=O) groups excluding carboxylic acids is 2. The summed E-state index contributed by atoms with van der Waals surface area (Å²) in [5.74, 6) is -1.31. The summed E-state index contributed by atoms with van der Waals surface area (Å²) in [6, 6.07) is 9.81. The van der Waals surface area contributed by atoms with Crippen LogP contribution in [0, 0.1) is 4.77 Å². The molecule has 1 aliphatic rings. The largest absolute Gasteiger partial charge is 0.384 e. The molecule has 4 rings (SSSR count). The molecule has 1 aromatic carbocycles. The van der Waals surface area contributed by atoms with Crippen LogP contribution in [0.25, 0.3) is 16.9 Å². The highest BCUT2D eigenvalue weighted by Crippen LogP contribution is 2.24. The molecule has 0 unspecified atom stereocenters. The van der Waals surface area contributed by atoms with Crippen LogP contribution in [0.15, 0.2) is 47.4 Å². The summed E-state index contributed by atoms with van der Waals surface area (Å²) in [6.07, 6.45) is 1.60. The van der Waals surface area contributed by atoms with Gasteiger partial charge in [0.2, 0.25) is 0 Å². The molecule has 3 aromatic rings. The van der Waals surface area contributed by atoms with Crippen molar-refractivity contribution in [2.45, 2.75) is 0 Å². The fraction of sp³-hybridized carbons (Fsp3) is 0. The van der Waals surface area contributed by atoms with Crippen molar-refractivity contribution >= 4 is 29.9 Å². The number of nitrogens with two attached hydrogens (primary N) is 1. The molecule has 0 spiro atoms. The van der Waals surface area contributed by atoms with Gasteiger partial charge >= 0.3 is 0 Å². The summed E-state index contributed by atoms with van der Waals surface area (Å²) in [7, 11) is 0. The second-order valence-electron chi connectivity index (χ2n) is 5.61. The smallest absolute Gasteiger partial charge is 0.262 e. The third-order valence-corrected chi connectivity index (χ3v) is 4.27. The Bertz CT molecular complexity index is 1190. The minimum atomic E-state index is -0.621. The highest BCUT2D eigenvalue weighted by molar-refractivity contribution is 7.71. The Hall–Kier alpha value is -3.59. The summed E-state index contributed by atoms with van der Waals surface area (Å²) >= 11 is 5.01. The van der Waals surface area contributed by atoms with E-state index < -0.39 is 17.4 Å². The van der Waals surface area contributed by atoms with Gasteiger partial charge in [0.15, 0.2) is 4.77 Å². The number of benzene rings is 1. The van der Waals surface area contributed by atoms with E-state index in [1.165, 1.54) is 4.57 Å². The molecule has 3 heterocycles. The van der Waals surface area contributed by atoms with Gasteiger partial charge < -0.3 is 10.7 Å². The number of nitrogens with zero attached hydrogens (tertiary/aromatic N) is 2. The molecular weight excluding hydrogens is 354 g/mol. The second-order valence-corrected chi connectivity index (χ2v) is 6.00. The quantitative estimate of drug-likeness (QED) is 0.466. The average molecular weight is 365 g/mol. The lowest BCUT2D eigenvalue weighted by Crippen LogP contribution is -2.24. The third-order valence-electron chi connectivity index (χ3n) is 4.06. The SMILES string of the molecule is Nc1c2c(cc(=O)n1-c1ccc(-c3ccnc(=S)[nH]3)cc1)C(=O)NC2=O. The summed E-state index contributed by atoms with van der Waals surface area (Å²) < 4.78 is 1.55. The second kappa shape index (κ2) is 5.74. The van der Waals surface area contributed by atoms with Crippen LogP contribution in [0.4, 0.5) is 5.82 Å². The summed E-state index contributed by atoms with van der Waals surface area (Å²) in [6.45, 7) is 0. The number of anilines is 1. The average Bonchev–Trinajstić information content (AvgIpc) is 2.89. The number of amides is 2. The highest BCUT2D eigenvalue weighted by Gasteiger charge is 2.31. The molecule has 0 radical (unpaired) electrons. The standard InChI is InChI=1S/C17H11N5O3S/c18-14-13-10(15(24)21-16(13)25)7-12(23)22(14)9-3-1-8(2-4-9)11-5-6-19-17(26)20-11/h1-7H,18H2,(H,19,20,26)(H,21,24,25). The van der Waals surface area contributed by atoms with E-state index in [0.29, 0.717) is 10.5 Å². The van der Waals surface area contributed by atoms with Crippen LogP contribution in [0.5, 0.6) is 0 Å². The fourth-order valence-corrected chi connectivity index (χ4v) is 3.04. The predicted molar refractivity (Wildman–Crippen MR) is 96.7 cm³/mol. The van der Waals surface area contributed by atoms with Crippen molar-refractivity contribution in [1.29, 1.82) is 0 Å². The van der Waals surface area contributed by atoms with Crippen molar-refractivity contribution in [3.05, 3.63) is 68.8 Å². The van der Waals surface area contributed by atoms with Crippen LogP contribution in [0.3, 0.4) is 0 Å². The number of nitrogens with one attached hydrogen (secondary N) is 2. The normalized spacial score (nSPS) is 12.8. The molecule has 2 amide bonds. The van der Waals surface area contributed by atoms with Crippen molar-refractivity contribution in [1.82, 2.24) is 19.9 Å². The highest BCUT2D eigenvalue weighted by atomic mass is 32.1. The summed E-state index contributed by atoms with van der Waals surface area (Å²) in [4.78, 5) is 42.9. The number of aromatic amines is 1. The molecule has 0 bridgehead atoms. The van der Waals surface area contributed by atoms with Crippen molar-refractivity contribution in [2.24, 2.45) is 0 Å². The van der Waals surface area contributed by atoms with Crippen LogP contribution in [-0.4, -0.2) is 26.3 Å². The first-order chi connectivity index (χ1) is 12.5. The maximum absolute atomic E-state index is 12.4. The molecule has 0 atom stereocenters. The predicted octanol–water partition coefficient (Wildman–Crippen LogP) is 1.42. The van der Waals surface area contributed by atoms with E-state index in [0.717, 1.165) is 17.3 Å². The molecule has 0 fully saturated rings. The minimum Gasteiger partial charge on any atom is -0.384 e. The molecule has 2 aromatic heterocycles. The number of imide groups is 1. The van der Waals surface area contributed by atoms with Crippen molar-refractivity contribution in [3.63, 3.8) is 0 Å². The number of H-pyrrole nitrogens is 1. The number of carbonyl (C=O) groups is 2. The number of fused-ring (bicyclic) bond motifs is 1. The first-order valence-electron chi connectivity index (χ1n) is 7.53. The van der Waals surface area contributed by atoms with Gasteiger partial charge in [-0.25, -0.2) is 4.98 Å². The van der Waals surface area contributed by atoms with Gasteiger partial charge in [-0.1, -0.05) is 12.1 Å². The molecule has 0 saturated carbocycles. The first-order valence-corrected chi connectivity index (χ1v) is 7.94. The lowest BCUT2D eigenvalue weighted by atomic mass is 10.1. The number of hydrogen-bond acceptors (Lipinski definition) is 6. The van der Waals surface area contributed by atoms with Gasteiger partial charge in [0.05, 0.1) is 16.8 Å².